The summed E-state index contributed by atoms with van der Waals surface area (Å²) in [6.07, 6.45) is 0. The molecule has 1 N–H and O–H groups in total. The van der Waals surface area contributed by atoms with Gasteiger partial charge in [0.1, 0.15) is 0 Å². The monoisotopic (exact) mass is 263 g/mol. The Labute approximate surface area is 114 Å². The van der Waals surface area contributed by atoms with E-state index in [-0.39, 0.29) is 12.5 Å². The number of carboxylic acid groups (broad SMARTS) is 1. The first-order valence-corrected chi connectivity index (χ1v) is 6.46. The third-order valence-corrected chi connectivity index (χ3v) is 3.34. The van der Waals surface area contributed by atoms with Gasteiger partial charge in [-0.15, -0.1) is 0 Å². The lowest BCUT2D eigenvalue weighted by Crippen LogP contribution is -2.36. The number of carbonyl (C=O) groups excluding carboxylic acids is 1. The minimum absolute atomic E-state index is 0.112. The van der Waals surface area contributed by atoms with Gasteiger partial charge >= 0.3 is 5.97 Å². The van der Waals surface area contributed by atoms with Crippen molar-refractivity contribution in [2.45, 2.75) is 27.7 Å². The first-order valence-electron chi connectivity index (χ1n) is 6.46. The lowest BCUT2D eigenvalue weighted by atomic mass is 10.0. The molecule has 1 aromatic carbocycles. The lowest BCUT2D eigenvalue weighted by Gasteiger charge is -2.23. The van der Waals surface area contributed by atoms with Gasteiger partial charge in [0.15, 0.2) is 0 Å². The van der Waals surface area contributed by atoms with Gasteiger partial charge in [0.25, 0.3) is 5.91 Å². The van der Waals surface area contributed by atoms with Crippen molar-refractivity contribution in [1.29, 1.82) is 0 Å². The number of carbonyl (C=O) groups is 2. The molecule has 0 bridgehead atoms. The maximum atomic E-state index is 12.3. The molecule has 104 valence electrons. The second-order valence-electron chi connectivity index (χ2n) is 4.88. The van der Waals surface area contributed by atoms with Gasteiger partial charge in [-0.05, 0) is 44.0 Å². The van der Waals surface area contributed by atoms with Gasteiger partial charge in [-0.25, -0.2) is 0 Å². The maximum Gasteiger partial charge on any atom is 0.308 e. The SMILES string of the molecule is CCN(C[C@H](C)C(=O)O)C(=O)c1ccc(C)c(C)c1. The molecular formula is C15H21NO3. The second-order valence-corrected chi connectivity index (χ2v) is 4.88. The van der Waals surface area contributed by atoms with E-state index in [1.165, 1.54) is 0 Å². The van der Waals surface area contributed by atoms with Crippen molar-refractivity contribution in [3.8, 4) is 0 Å². The standard InChI is InChI=1S/C15H21NO3/c1-5-16(9-12(4)15(18)19)14(17)13-7-6-10(2)11(3)8-13/h6-8,12H,5,9H2,1-4H3,(H,18,19)/t12-/m0/s1. The van der Waals surface area contributed by atoms with E-state index in [9.17, 15) is 9.59 Å². The van der Waals surface area contributed by atoms with E-state index in [1.54, 1.807) is 17.9 Å². The topological polar surface area (TPSA) is 57.6 Å². The summed E-state index contributed by atoms with van der Waals surface area (Å²) in [7, 11) is 0. The zero-order chi connectivity index (χ0) is 14.6. The molecule has 0 spiro atoms. The van der Waals surface area contributed by atoms with Gasteiger partial charge in [0, 0.05) is 18.7 Å². The molecule has 0 aliphatic rings. The van der Waals surface area contributed by atoms with Crippen molar-refractivity contribution < 1.29 is 14.7 Å². The van der Waals surface area contributed by atoms with Crippen LogP contribution in [0.1, 0.15) is 35.3 Å². The van der Waals surface area contributed by atoms with Crippen molar-refractivity contribution in [3.05, 3.63) is 34.9 Å². The van der Waals surface area contributed by atoms with Crippen molar-refractivity contribution in [3.63, 3.8) is 0 Å². The van der Waals surface area contributed by atoms with E-state index in [2.05, 4.69) is 0 Å². The molecular weight excluding hydrogens is 242 g/mol. The second kappa shape index (κ2) is 6.36. The minimum atomic E-state index is -0.883. The first kappa shape index (κ1) is 15.2. The number of amides is 1. The Morgan fingerprint density at radius 2 is 1.89 bits per heavy atom. The molecule has 0 saturated carbocycles. The summed E-state index contributed by atoms with van der Waals surface area (Å²) in [5.74, 6) is -1.56. The van der Waals surface area contributed by atoms with Crippen molar-refractivity contribution in [1.82, 2.24) is 4.90 Å². The van der Waals surface area contributed by atoms with Gasteiger partial charge in [-0.3, -0.25) is 9.59 Å². The zero-order valence-electron chi connectivity index (χ0n) is 11.9. The molecule has 1 atom stereocenters. The van der Waals surface area contributed by atoms with E-state index in [1.807, 2.05) is 32.9 Å². The Morgan fingerprint density at radius 1 is 1.26 bits per heavy atom. The number of hydrogen-bond donors (Lipinski definition) is 1. The summed E-state index contributed by atoms with van der Waals surface area (Å²) in [4.78, 5) is 24.8. The van der Waals surface area contributed by atoms with Crippen LogP contribution in [0.5, 0.6) is 0 Å². The molecule has 0 aromatic heterocycles. The average Bonchev–Trinajstić information content (AvgIpc) is 2.37. The Morgan fingerprint density at radius 3 is 2.37 bits per heavy atom. The summed E-state index contributed by atoms with van der Waals surface area (Å²) < 4.78 is 0. The number of hydrogen-bond acceptors (Lipinski definition) is 2. The van der Waals surface area contributed by atoms with E-state index in [0.29, 0.717) is 12.1 Å². The lowest BCUT2D eigenvalue weighted by molar-refractivity contribution is -0.141. The minimum Gasteiger partial charge on any atom is -0.481 e. The predicted molar refractivity (Wildman–Crippen MR) is 74.3 cm³/mol. The van der Waals surface area contributed by atoms with Crippen molar-refractivity contribution >= 4 is 11.9 Å². The molecule has 0 fully saturated rings. The highest BCUT2D eigenvalue weighted by Crippen LogP contribution is 2.13. The van der Waals surface area contributed by atoms with Crippen LogP contribution in [0.15, 0.2) is 18.2 Å². The zero-order valence-corrected chi connectivity index (χ0v) is 11.9. The first-order chi connectivity index (χ1) is 8.86. The number of rotatable bonds is 5. The molecule has 0 aliphatic carbocycles. The summed E-state index contributed by atoms with van der Waals surface area (Å²) in [5.41, 5.74) is 2.81. The van der Waals surface area contributed by atoms with Crippen LogP contribution in [0, 0.1) is 19.8 Å². The Bertz CT molecular complexity index is 482. The number of aryl methyl sites for hydroxylation is 2. The molecule has 0 aliphatic heterocycles. The highest BCUT2D eigenvalue weighted by Gasteiger charge is 2.20. The van der Waals surface area contributed by atoms with E-state index in [4.69, 9.17) is 5.11 Å². The highest BCUT2D eigenvalue weighted by atomic mass is 16.4. The third-order valence-electron chi connectivity index (χ3n) is 3.34. The van der Waals surface area contributed by atoms with Crippen LogP contribution in [0.4, 0.5) is 0 Å². The van der Waals surface area contributed by atoms with Crippen LogP contribution in [-0.4, -0.2) is 35.0 Å². The molecule has 0 saturated heterocycles. The summed E-state index contributed by atoms with van der Waals surface area (Å²) in [6, 6.07) is 5.56. The molecule has 4 heteroatoms. The summed E-state index contributed by atoms with van der Waals surface area (Å²) >= 11 is 0. The Kier molecular flexibility index (Phi) is 5.10. The van der Waals surface area contributed by atoms with E-state index < -0.39 is 11.9 Å². The number of carboxylic acids is 1. The van der Waals surface area contributed by atoms with Gasteiger partial charge in [-0.1, -0.05) is 13.0 Å². The summed E-state index contributed by atoms with van der Waals surface area (Å²) in [5, 5.41) is 8.92. The van der Waals surface area contributed by atoms with E-state index >= 15 is 0 Å². The fourth-order valence-electron chi connectivity index (χ4n) is 1.82. The van der Waals surface area contributed by atoms with Crippen LogP contribution < -0.4 is 0 Å². The number of nitrogens with zero attached hydrogens (tertiary/aromatic N) is 1. The molecule has 0 unspecified atom stereocenters. The Hall–Kier alpha value is -1.84. The molecule has 1 aromatic rings. The highest BCUT2D eigenvalue weighted by molar-refractivity contribution is 5.94. The fraction of sp³-hybridized carbons (Fsp3) is 0.467. The quantitative estimate of drug-likeness (QED) is 0.888. The van der Waals surface area contributed by atoms with Crippen LogP contribution in [0.2, 0.25) is 0 Å². The van der Waals surface area contributed by atoms with Gasteiger partial charge < -0.3 is 10.0 Å². The average molecular weight is 263 g/mol. The van der Waals surface area contributed by atoms with Crippen LogP contribution >= 0.6 is 0 Å². The van der Waals surface area contributed by atoms with Crippen LogP contribution in [-0.2, 0) is 4.79 Å². The number of benzene rings is 1. The van der Waals surface area contributed by atoms with Gasteiger partial charge in [-0.2, -0.15) is 0 Å². The molecule has 4 nitrogen and oxygen atoms in total. The molecule has 1 rings (SSSR count). The normalized spacial score (nSPS) is 12.0. The third kappa shape index (κ3) is 3.81. The predicted octanol–water partition coefficient (Wildman–Crippen LogP) is 2.49. The molecule has 0 heterocycles. The van der Waals surface area contributed by atoms with Crippen molar-refractivity contribution in [2.24, 2.45) is 5.92 Å². The van der Waals surface area contributed by atoms with E-state index in [0.717, 1.165) is 11.1 Å². The van der Waals surface area contributed by atoms with Gasteiger partial charge in [0.05, 0.1) is 5.92 Å². The molecule has 1 amide bonds. The smallest absolute Gasteiger partial charge is 0.308 e. The fourth-order valence-corrected chi connectivity index (χ4v) is 1.82. The Balaban J connectivity index is 2.89. The van der Waals surface area contributed by atoms with Crippen LogP contribution in [0.3, 0.4) is 0 Å². The maximum absolute atomic E-state index is 12.3. The molecule has 19 heavy (non-hydrogen) atoms. The summed E-state index contributed by atoms with van der Waals surface area (Å²) in [6.45, 7) is 8.16. The van der Waals surface area contributed by atoms with Crippen molar-refractivity contribution in [2.75, 3.05) is 13.1 Å². The van der Waals surface area contributed by atoms with Crippen LogP contribution in [0.25, 0.3) is 0 Å². The molecule has 0 radical (unpaired) electrons. The largest absolute Gasteiger partial charge is 0.481 e. The van der Waals surface area contributed by atoms with Gasteiger partial charge in [0.2, 0.25) is 0 Å². The number of aliphatic carboxylic acids is 1.